The van der Waals surface area contributed by atoms with E-state index in [4.69, 9.17) is 11.1 Å². The molecule has 18 heavy (non-hydrogen) atoms. The fourth-order valence-corrected chi connectivity index (χ4v) is 2.35. The molecule has 0 spiro atoms. The topological polar surface area (TPSA) is 99.1 Å². The van der Waals surface area contributed by atoms with Crippen LogP contribution in [0.5, 0.6) is 0 Å². The monoisotopic (exact) mass is 249 g/mol. The zero-order valence-electron chi connectivity index (χ0n) is 10.5. The quantitative estimate of drug-likeness (QED) is 0.530. The van der Waals surface area contributed by atoms with Crippen LogP contribution in [0.25, 0.3) is 0 Å². The molecule has 0 aromatic carbocycles. The lowest BCUT2D eigenvalue weighted by Crippen LogP contribution is -2.38. The van der Waals surface area contributed by atoms with Gasteiger partial charge in [-0.3, -0.25) is 5.41 Å². The van der Waals surface area contributed by atoms with Gasteiger partial charge in [0.2, 0.25) is 0 Å². The molecular weight excluding hydrogens is 230 g/mol. The van der Waals surface area contributed by atoms with E-state index in [1.165, 1.54) is 0 Å². The zero-order valence-corrected chi connectivity index (χ0v) is 10.5. The number of hydrogen-bond donors (Lipinski definition) is 3. The third kappa shape index (κ3) is 2.59. The van der Waals surface area contributed by atoms with Gasteiger partial charge in [0.1, 0.15) is 11.5 Å². The zero-order chi connectivity index (χ0) is 13.1. The van der Waals surface area contributed by atoms with Crippen LogP contribution in [0.15, 0.2) is 12.4 Å². The van der Waals surface area contributed by atoms with Gasteiger partial charge in [-0.2, -0.15) is 0 Å². The number of aliphatic hydroxyl groups is 1. The van der Waals surface area contributed by atoms with Gasteiger partial charge in [0.15, 0.2) is 5.82 Å². The molecule has 1 aliphatic rings. The number of anilines is 1. The molecule has 0 amide bonds. The summed E-state index contributed by atoms with van der Waals surface area (Å²) in [6.45, 7) is 3.47. The Hall–Kier alpha value is -1.69. The van der Waals surface area contributed by atoms with Gasteiger partial charge in [-0.1, -0.05) is 0 Å². The summed E-state index contributed by atoms with van der Waals surface area (Å²) in [6.07, 6.45) is 4.74. The number of nitrogens with one attached hydrogen (secondary N) is 1. The van der Waals surface area contributed by atoms with Crippen LogP contribution in [-0.2, 0) is 0 Å². The van der Waals surface area contributed by atoms with E-state index in [2.05, 4.69) is 14.9 Å². The number of aromatic nitrogens is 2. The van der Waals surface area contributed by atoms with Crippen molar-refractivity contribution in [3.05, 3.63) is 18.1 Å². The molecule has 0 saturated carbocycles. The molecule has 1 atom stereocenters. The van der Waals surface area contributed by atoms with Crippen molar-refractivity contribution in [2.75, 3.05) is 18.0 Å². The standard InChI is InChI=1S/C12H19N5O/c1-8(18)9-2-6-17(7-3-9)12-10(11(13)14)15-4-5-16-12/h4-5,8-9,18H,2-3,6-7H2,1H3,(H3,13,14). The Morgan fingerprint density at radius 1 is 1.44 bits per heavy atom. The molecule has 1 saturated heterocycles. The van der Waals surface area contributed by atoms with Crippen molar-refractivity contribution in [2.24, 2.45) is 11.7 Å². The lowest BCUT2D eigenvalue weighted by Gasteiger charge is -2.34. The summed E-state index contributed by atoms with van der Waals surface area (Å²) in [5, 5.41) is 17.1. The Morgan fingerprint density at radius 2 is 2.06 bits per heavy atom. The molecule has 1 aromatic rings. The second-order valence-corrected chi connectivity index (χ2v) is 4.71. The Morgan fingerprint density at radius 3 is 2.61 bits per heavy atom. The van der Waals surface area contributed by atoms with Crippen molar-refractivity contribution in [1.82, 2.24) is 9.97 Å². The first-order valence-electron chi connectivity index (χ1n) is 6.18. The second kappa shape index (κ2) is 5.30. The fourth-order valence-electron chi connectivity index (χ4n) is 2.35. The molecule has 0 aliphatic carbocycles. The number of aliphatic hydroxyl groups excluding tert-OH is 1. The second-order valence-electron chi connectivity index (χ2n) is 4.71. The average Bonchev–Trinajstić information content (AvgIpc) is 2.39. The largest absolute Gasteiger partial charge is 0.393 e. The summed E-state index contributed by atoms with van der Waals surface area (Å²) in [6, 6.07) is 0. The molecule has 0 bridgehead atoms. The molecule has 0 radical (unpaired) electrons. The summed E-state index contributed by atoms with van der Waals surface area (Å²) in [7, 11) is 0. The lowest BCUT2D eigenvalue weighted by atomic mass is 9.92. The van der Waals surface area contributed by atoms with E-state index >= 15 is 0 Å². The van der Waals surface area contributed by atoms with E-state index in [0.29, 0.717) is 17.4 Å². The highest BCUT2D eigenvalue weighted by Crippen LogP contribution is 2.25. The van der Waals surface area contributed by atoms with Crippen LogP contribution in [0.4, 0.5) is 5.82 Å². The number of nitrogens with zero attached hydrogens (tertiary/aromatic N) is 3. The summed E-state index contributed by atoms with van der Waals surface area (Å²) in [5.41, 5.74) is 5.95. The summed E-state index contributed by atoms with van der Waals surface area (Å²) >= 11 is 0. The third-order valence-electron chi connectivity index (χ3n) is 3.46. The molecule has 98 valence electrons. The molecule has 6 nitrogen and oxygen atoms in total. The fraction of sp³-hybridized carbons (Fsp3) is 0.583. The van der Waals surface area contributed by atoms with Crippen LogP contribution in [0.3, 0.4) is 0 Å². The van der Waals surface area contributed by atoms with Gasteiger partial charge in [-0.15, -0.1) is 0 Å². The van der Waals surface area contributed by atoms with Crippen LogP contribution < -0.4 is 10.6 Å². The first kappa shape index (κ1) is 12.8. The molecule has 4 N–H and O–H groups in total. The summed E-state index contributed by atoms with van der Waals surface area (Å²) in [5.74, 6) is 0.962. The molecule has 1 unspecified atom stereocenters. The highest BCUT2D eigenvalue weighted by atomic mass is 16.3. The minimum Gasteiger partial charge on any atom is -0.393 e. The average molecular weight is 249 g/mol. The van der Waals surface area contributed by atoms with Gasteiger partial charge in [0.05, 0.1) is 6.10 Å². The minimum atomic E-state index is -0.263. The van der Waals surface area contributed by atoms with Crippen molar-refractivity contribution in [1.29, 1.82) is 5.41 Å². The van der Waals surface area contributed by atoms with Crippen LogP contribution in [0.2, 0.25) is 0 Å². The number of nitrogens with two attached hydrogens (primary N) is 1. The number of nitrogen functional groups attached to an aromatic ring is 1. The van der Waals surface area contributed by atoms with E-state index in [9.17, 15) is 5.11 Å². The maximum atomic E-state index is 9.58. The predicted molar refractivity (Wildman–Crippen MR) is 69.7 cm³/mol. The normalized spacial score (nSPS) is 18.7. The van der Waals surface area contributed by atoms with Crippen molar-refractivity contribution >= 4 is 11.7 Å². The first-order chi connectivity index (χ1) is 8.59. The minimum absolute atomic E-state index is 0.0595. The third-order valence-corrected chi connectivity index (χ3v) is 3.46. The van der Waals surface area contributed by atoms with Gasteiger partial charge in [0, 0.05) is 25.5 Å². The van der Waals surface area contributed by atoms with Gasteiger partial charge >= 0.3 is 0 Å². The van der Waals surface area contributed by atoms with Crippen LogP contribution in [0, 0.1) is 11.3 Å². The van der Waals surface area contributed by atoms with Crippen molar-refractivity contribution in [2.45, 2.75) is 25.9 Å². The van der Waals surface area contributed by atoms with Crippen molar-refractivity contribution in [3.63, 3.8) is 0 Å². The van der Waals surface area contributed by atoms with Gasteiger partial charge in [0.25, 0.3) is 0 Å². The summed E-state index contributed by atoms with van der Waals surface area (Å²) in [4.78, 5) is 10.5. The van der Waals surface area contributed by atoms with E-state index in [1.54, 1.807) is 12.4 Å². The van der Waals surface area contributed by atoms with E-state index in [1.807, 2.05) is 6.92 Å². The van der Waals surface area contributed by atoms with Crippen LogP contribution in [0.1, 0.15) is 25.5 Å². The van der Waals surface area contributed by atoms with Crippen LogP contribution in [-0.4, -0.2) is 40.1 Å². The van der Waals surface area contributed by atoms with Gasteiger partial charge < -0.3 is 15.7 Å². The molecule has 2 heterocycles. The molecule has 6 heteroatoms. The molecule has 1 aliphatic heterocycles. The first-order valence-corrected chi connectivity index (χ1v) is 6.18. The Labute approximate surface area is 106 Å². The number of piperidine rings is 1. The number of amidine groups is 1. The van der Waals surface area contributed by atoms with E-state index < -0.39 is 0 Å². The smallest absolute Gasteiger partial charge is 0.158 e. The van der Waals surface area contributed by atoms with Crippen molar-refractivity contribution in [3.8, 4) is 0 Å². The Kier molecular flexibility index (Phi) is 3.76. The number of hydrogen-bond acceptors (Lipinski definition) is 5. The highest BCUT2D eigenvalue weighted by molar-refractivity contribution is 5.97. The molecule has 1 fully saturated rings. The SMILES string of the molecule is CC(O)C1CCN(c2nccnc2C(=N)N)CC1. The van der Waals surface area contributed by atoms with Gasteiger partial charge in [-0.25, -0.2) is 9.97 Å². The maximum absolute atomic E-state index is 9.58. The Balaban J connectivity index is 2.12. The summed E-state index contributed by atoms with van der Waals surface area (Å²) < 4.78 is 0. The van der Waals surface area contributed by atoms with E-state index in [0.717, 1.165) is 25.9 Å². The predicted octanol–water partition coefficient (Wildman–Crippen LogP) is 0.358. The maximum Gasteiger partial charge on any atom is 0.158 e. The lowest BCUT2D eigenvalue weighted by molar-refractivity contribution is 0.110. The van der Waals surface area contributed by atoms with Crippen LogP contribution >= 0.6 is 0 Å². The molecule has 1 aromatic heterocycles. The Bertz CT molecular complexity index is 426. The van der Waals surface area contributed by atoms with Gasteiger partial charge in [-0.05, 0) is 25.7 Å². The highest BCUT2D eigenvalue weighted by Gasteiger charge is 2.25. The molecular formula is C12H19N5O. The molecule has 2 rings (SSSR count). The van der Waals surface area contributed by atoms with Crippen molar-refractivity contribution < 1.29 is 5.11 Å². The number of rotatable bonds is 3. The van der Waals surface area contributed by atoms with E-state index in [-0.39, 0.29) is 11.9 Å².